The fourth-order valence-electron chi connectivity index (χ4n) is 1.66. The highest BCUT2D eigenvalue weighted by atomic mass is 16.2. The van der Waals surface area contributed by atoms with Crippen LogP contribution in [-0.4, -0.2) is 11.7 Å². The van der Waals surface area contributed by atoms with E-state index in [0.717, 1.165) is 57.8 Å². The average molecular weight is 304 g/mol. The summed E-state index contributed by atoms with van der Waals surface area (Å²) in [6, 6.07) is 0. The Morgan fingerprint density at radius 1 is 0.696 bits per heavy atom. The lowest BCUT2D eigenvalue weighted by molar-refractivity contribution is 0.350. The smallest absolute Gasteiger partial charge is 0.104 e. The number of rotatable bonds is 8. The lowest BCUT2D eigenvalue weighted by Crippen LogP contribution is -1.78. The van der Waals surface area contributed by atoms with Crippen molar-refractivity contribution in [1.82, 2.24) is 0 Å². The lowest BCUT2D eigenvalue weighted by atomic mass is 10.1. The highest BCUT2D eigenvalue weighted by Gasteiger charge is 1.86. The maximum atomic E-state index is 8.49. The topological polar surface area (TPSA) is 20.2 Å². The Balaban J connectivity index is 3.52. The van der Waals surface area contributed by atoms with E-state index >= 15 is 0 Å². The molecule has 1 N–H and O–H groups in total. The number of allylic oxidation sites excluding steroid dienone is 2. The van der Waals surface area contributed by atoms with Gasteiger partial charge in [-0.05, 0) is 55.4 Å². The number of aliphatic hydroxyl groups is 1. The molecule has 0 amide bonds. The highest BCUT2D eigenvalue weighted by molar-refractivity contribution is 5.35. The molecule has 0 aromatic heterocycles. The van der Waals surface area contributed by atoms with E-state index in [2.05, 4.69) is 53.3 Å². The predicted molar refractivity (Wildman–Crippen MR) is 97.7 cm³/mol. The van der Waals surface area contributed by atoms with Crippen LogP contribution in [0.5, 0.6) is 0 Å². The molecule has 0 saturated carbocycles. The minimum absolute atomic E-state index is 0.0369. The first-order chi connectivity index (χ1) is 11.4. The zero-order valence-corrected chi connectivity index (χ0v) is 13.8. The summed E-state index contributed by atoms with van der Waals surface area (Å²) >= 11 is 0. The van der Waals surface area contributed by atoms with Gasteiger partial charge in [-0.25, -0.2) is 0 Å². The van der Waals surface area contributed by atoms with E-state index in [-0.39, 0.29) is 6.61 Å². The molecule has 0 saturated heterocycles. The first kappa shape index (κ1) is 20.5. The summed E-state index contributed by atoms with van der Waals surface area (Å²) in [5, 5.41) is 8.49. The third-order valence-corrected chi connectivity index (χ3v) is 2.81. The summed E-state index contributed by atoms with van der Waals surface area (Å²) in [7, 11) is 0. The molecule has 1 heteroatoms. The number of aliphatic hydroxyl groups excluding tert-OH is 1. The fraction of sp³-hybridized carbons (Fsp3) is 0.455. The van der Waals surface area contributed by atoms with E-state index in [1.807, 2.05) is 6.08 Å². The van der Waals surface area contributed by atoms with E-state index in [1.165, 1.54) is 0 Å². The van der Waals surface area contributed by atoms with Crippen LogP contribution in [0.4, 0.5) is 0 Å². The first-order valence-electron chi connectivity index (χ1n) is 8.05. The van der Waals surface area contributed by atoms with Crippen molar-refractivity contribution in [3.8, 4) is 59.7 Å². The molecule has 0 fully saturated rings. The highest BCUT2D eigenvalue weighted by Crippen LogP contribution is 2.03. The second-order valence-corrected chi connectivity index (χ2v) is 4.74. The Labute approximate surface area is 142 Å². The van der Waals surface area contributed by atoms with Crippen LogP contribution in [0.2, 0.25) is 0 Å². The molecule has 1 nitrogen and oxygen atoms in total. The Kier molecular flexibility index (Phi) is 17.4. The average Bonchev–Trinajstić information content (AvgIpc) is 2.57. The maximum Gasteiger partial charge on any atom is 0.104 e. The maximum absolute atomic E-state index is 8.49. The summed E-state index contributed by atoms with van der Waals surface area (Å²) < 4.78 is 0. The molecule has 23 heavy (non-hydrogen) atoms. The van der Waals surface area contributed by atoms with Gasteiger partial charge in [0.25, 0.3) is 0 Å². The van der Waals surface area contributed by atoms with Crippen LogP contribution in [0.1, 0.15) is 57.8 Å². The minimum Gasteiger partial charge on any atom is -0.384 e. The SMILES string of the molecule is C#C/C=C/CCCC#CC#CC#CCCCCCCC#CCO. The largest absolute Gasteiger partial charge is 0.384 e. The Morgan fingerprint density at radius 2 is 1.30 bits per heavy atom. The molecular weight excluding hydrogens is 280 g/mol. The summed E-state index contributed by atoms with van der Waals surface area (Å²) in [4.78, 5) is 0. The van der Waals surface area contributed by atoms with E-state index in [9.17, 15) is 0 Å². The molecular formula is C22H24O. The van der Waals surface area contributed by atoms with Gasteiger partial charge < -0.3 is 5.11 Å². The molecule has 0 heterocycles. The van der Waals surface area contributed by atoms with Gasteiger partial charge in [0.2, 0.25) is 0 Å². The van der Waals surface area contributed by atoms with Crippen LogP contribution in [0, 0.1) is 59.7 Å². The van der Waals surface area contributed by atoms with Crippen molar-refractivity contribution in [2.45, 2.75) is 57.8 Å². The second kappa shape index (κ2) is 19.5. The number of terminal acetylenes is 1. The van der Waals surface area contributed by atoms with E-state index in [0.29, 0.717) is 0 Å². The zero-order chi connectivity index (χ0) is 16.8. The van der Waals surface area contributed by atoms with E-state index in [4.69, 9.17) is 11.5 Å². The quantitative estimate of drug-likeness (QED) is 0.535. The van der Waals surface area contributed by atoms with Gasteiger partial charge in [-0.1, -0.05) is 42.6 Å². The summed E-state index contributed by atoms with van der Waals surface area (Å²) in [5.41, 5.74) is 0. The molecule has 0 aliphatic rings. The van der Waals surface area contributed by atoms with Gasteiger partial charge >= 0.3 is 0 Å². The number of unbranched alkanes of at least 4 members (excludes halogenated alkanes) is 7. The third-order valence-electron chi connectivity index (χ3n) is 2.81. The van der Waals surface area contributed by atoms with E-state index in [1.54, 1.807) is 6.08 Å². The molecule has 0 aromatic rings. The molecule has 0 aromatic carbocycles. The van der Waals surface area contributed by atoms with Crippen molar-refractivity contribution in [3.05, 3.63) is 12.2 Å². The molecule has 0 rings (SSSR count). The van der Waals surface area contributed by atoms with Crippen LogP contribution >= 0.6 is 0 Å². The monoisotopic (exact) mass is 304 g/mol. The standard InChI is InChI=1S/C22H24O/c1-2-3-4-5-6-7-8-9-10-11-12-13-14-15-16-17-18-19-20-21-22-23/h1,3-4,23H,5-7,14-19,22H2/b4-3+. The Bertz CT molecular complexity index is 600. The lowest BCUT2D eigenvalue weighted by Gasteiger charge is -1.94. The minimum atomic E-state index is -0.0369. The molecule has 0 aliphatic carbocycles. The van der Waals surface area contributed by atoms with Gasteiger partial charge in [0.05, 0.1) is 0 Å². The van der Waals surface area contributed by atoms with Crippen LogP contribution in [-0.2, 0) is 0 Å². The molecule has 0 unspecified atom stereocenters. The van der Waals surface area contributed by atoms with Crippen LogP contribution < -0.4 is 0 Å². The number of hydrogen-bond acceptors (Lipinski definition) is 1. The number of hydrogen-bond donors (Lipinski definition) is 1. The van der Waals surface area contributed by atoms with Crippen LogP contribution in [0.3, 0.4) is 0 Å². The molecule has 0 bridgehead atoms. The normalized spacial score (nSPS) is 8.35. The van der Waals surface area contributed by atoms with E-state index < -0.39 is 0 Å². The zero-order valence-electron chi connectivity index (χ0n) is 13.8. The second-order valence-electron chi connectivity index (χ2n) is 4.74. The van der Waals surface area contributed by atoms with Crippen molar-refractivity contribution in [1.29, 1.82) is 0 Å². The molecule has 0 atom stereocenters. The van der Waals surface area contributed by atoms with Crippen molar-refractivity contribution in [2.24, 2.45) is 0 Å². The van der Waals surface area contributed by atoms with Crippen molar-refractivity contribution in [2.75, 3.05) is 6.61 Å². The van der Waals surface area contributed by atoms with Crippen molar-refractivity contribution in [3.63, 3.8) is 0 Å². The van der Waals surface area contributed by atoms with Gasteiger partial charge in [-0.3, -0.25) is 0 Å². The van der Waals surface area contributed by atoms with Crippen molar-refractivity contribution < 1.29 is 5.11 Å². The van der Waals surface area contributed by atoms with Gasteiger partial charge in [-0.2, -0.15) is 0 Å². The van der Waals surface area contributed by atoms with Gasteiger partial charge in [-0.15, -0.1) is 12.3 Å². The van der Waals surface area contributed by atoms with Gasteiger partial charge in [0.15, 0.2) is 0 Å². The summed E-state index contributed by atoms with van der Waals surface area (Å²) in [6.07, 6.45) is 17.8. The molecule has 0 aliphatic heterocycles. The van der Waals surface area contributed by atoms with Crippen molar-refractivity contribution >= 4 is 0 Å². The fourth-order valence-corrected chi connectivity index (χ4v) is 1.66. The van der Waals surface area contributed by atoms with Crippen LogP contribution in [0.25, 0.3) is 0 Å². The molecule has 0 spiro atoms. The van der Waals surface area contributed by atoms with Gasteiger partial charge in [0, 0.05) is 19.3 Å². The van der Waals surface area contributed by atoms with Crippen LogP contribution in [0.15, 0.2) is 12.2 Å². The Morgan fingerprint density at radius 3 is 1.91 bits per heavy atom. The first-order valence-corrected chi connectivity index (χ1v) is 8.05. The summed E-state index contributed by atoms with van der Waals surface area (Å²) in [5.74, 6) is 25.2. The third kappa shape index (κ3) is 19.5. The van der Waals surface area contributed by atoms with Gasteiger partial charge in [0.1, 0.15) is 6.61 Å². The predicted octanol–water partition coefficient (Wildman–Crippen LogP) is 3.69. The molecule has 0 radical (unpaired) electrons. The summed E-state index contributed by atoms with van der Waals surface area (Å²) in [6.45, 7) is -0.0369. The Hall–Kier alpha value is -2.50. The molecule has 118 valence electrons.